The summed E-state index contributed by atoms with van der Waals surface area (Å²) in [4.78, 5) is 10.9. The molecule has 0 aliphatic carbocycles. The highest BCUT2D eigenvalue weighted by Gasteiger charge is 2.01. The predicted molar refractivity (Wildman–Crippen MR) is 59.7 cm³/mol. The van der Waals surface area contributed by atoms with Gasteiger partial charge in [0.25, 0.3) is 0 Å². The molecule has 0 fully saturated rings. The van der Waals surface area contributed by atoms with Crippen LogP contribution in [0.1, 0.15) is 20.8 Å². The molecule has 0 atom stereocenters. The second-order valence-electron chi connectivity index (χ2n) is 3.64. The number of ether oxygens (including phenoxy) is 2. The maximum absolute atomic E-state index is 10.9. The van der Waals surface area contributed by atoms with Crippen LogP contribution in [0.15, 0.2) is 12.2 Å². The lowest BCUT2D eigenvalue weighted by atomic mass is 10.4. The van der Waals surface area contributed by atoms with Crippen molar-refractivity contribution in [1.82, 2.24) is 5.32 Å². The van der Waals surface area contributed by atoms with Gasteiger partial charge in [-0.15, -0.1) is 0 Å². The van der Waals surface area contributed by atoms with Crippen LogP contribution in [0.2, 0.25) is 0 Å². The van der Waals surface area contributed by atoms with Gasteiger partial charge in [0, 0.05) is 18.2 Å². The molecule has 0 unspecified atom stereocenters. The number of nitrogens with one attached hydrogen (secondary N) is 1. The van der Waals surface area contributed by atoms with Crippen molar-refractivity contribution in [3.8, 4) is 0 Å². The lowest BCUT2D eigenvalue weighted by Gasteiger charge is -2.08. The topological polar surface area (TPSA) is 47.6 Å². The average molecular weight is 215 g/mol. The van der Waals surface area contributed by atoms with Crippen molar-refractivity contribution in [3.63, 3.8) is 0 Å². The summed E-state index contributed by atoms with van der Waals surface area (Å²) >= 11 is 0. The summed E-state index contributed by atoms with van der Waals surface area (Å²) < 4.78 is 10.1. The van der Waals surface area contributed by atoms with Crippen molar-refractivity contribution >= 4 is 5.97 Å². The van der Waals surface area contributed by atoms with Crippen molar-refractivity contribution in [3.05, 3.63) is 12.2 Å². The van der Waals surface area contributed by atoms with Crippen molar-refractivity contribution < 1.29 is 14.3 Å². The van der Waals surface area contributed by atoms with Crippen LogP contribution in [0.3, 0.4) is 0 Å². The molecule has 0 aromatic heterocycles. The summed E-state index contributed by atoms with van der Waals surface area (Å²) in [6.45, 7) is 11.4. The summed E-state index contributed by atoms with van der Waals surface area (Å²) in [7, 11) is 0. The fraction of sp³-hybridized carbons (Fsp3) is 0.727. The third-order valence-corrected chi connectivity index (χ3v) is 1.61. The third kappa shape index (κ3) is 9.43. The molecule has 0 aromatic rings. The fourth-order valence-electron chi connectivity index (χ4n) is 0.838. The van der Waals surface area contributed by atoms with Gasteiger partial charge in [0.15, 0.2) is 0 Å². The Labute approximate surface area is 91.6 Å². The van der Waals surface area contributed by atoms with Crippen LogP contribution < -0.4 is 5.32 Å². The second kappa shape index (κ2) is 8.44. The average Bonchev–Trinajstić information content (AvgIpc) is 2.15. The number of carbonyl (C=O) groups excluding carboxylic acids is 1. The minimum Gasteiger partial charge on any atom is -0.460 e. The molecule has 0 aromatic carbocycles. The quantitative estimate of drug-likeness (QED) is 0.374. The van der Waals surface area contributed by atoms with Crippen LogP contribution in [-0.4, -0.2) is 38.4 Å². The van der Waals surface area contributed by atoms with E-state index in [2.05, 4.69) is 25.7 Å². The Hall–Kier alpha value is -0.870. The van der Waals surface area contributed by atoms with E-state index < -0.39 is 0 Å². The molecule has 88 valence electrons. The molecule has 0 saturated carbocycles. The monoisotopic (exact) mass is 215 g/mol. The molecule has 15 heavy (non-hydrogen) atoms. The predicted octanol–water partition coefficient (Wildman–Crippen LogP) is 1.12. The molecule has 0 bridgehead atoms. The first-order valence-electron chi connectivity index (χ1n) is 5.17. The molecule has 4 heteroatoms. The number of esters is 1. The molecule has 4 nitrogen and oxygen atoms in total. The Kier molecular flexibility index (Phi) is 7.95. The van der Waals surface area contributed by atoms with E-state index in [1.165, 1.54) is 0 Å². The van der Waals surface area contributed by atoms with Gasteiger partial charge in [0.1, 0.15) is 6.61 Å². The van der Waals surface area contributed by atoms with Crippen molar-refractivity contribution in [2.45, 2.75) is 26.8 Å². The largest absolute Gasteiger partial charge is 0.460 e. The highest BCUT2D eigenvalue weighted by atomic mass is 16.6. The first-order valence-corrected chi connectivity index (χ1v) is 5.17. The second-order valence-corrected chi connectivity index (χ2v) is 3.64. The van der Waals surface area contributed by atoms with Crippen LogP contribution in [0, 0.1) is 0 Å². The molecule has 0 heterocycles. The van der Waals surface area contributed by atoms with Crippen LogP contribution >= 0.6 is 0 Å². The van der Waals surface area contributed by atoms with Gasteiger partial charge in [-0.1, -0.05) is 20.4 Å². The Bertz CT molecular complexity index is 202. The van der Waals surface area contributed by atoms with Gasteiger partial charge in [-0.2, -0.15) is 0 Å². The first-order chi connectivity index (χ1) is 7.04. The SMILES string of the molecule is C=C(C)C(=O)OCCOCCNC(C)C. The zero-order chi connectivity index (χ0) is 11.7. The van der Waals surface area contributed by atoms with Crippen LogP contribution in [-0.2, 0) is 14.3 Å². The zero-order valence-electron chi connectivity index (χ0n) is 9.84. The number of hydrogen-bond acceptors (Lipinski definition) is 4. The maximum Gasteiger partial charge on any atom is 0.333 e. The molecule has 0 aliphatic heterocycles. The van der Waals surface area contributed by atoms with E-state index in [1.807, 2.05) is 0 Å². The summed E-state index contributed by atoms with van der Waals surface area (Å²) in [5.74, 6) is -0.362. The Morgan fingerprint density at radius 3 is 2.53 bits per heavy atom. The molecular weight excluding hydrogens is 194 g/mol. The van der Waals surface area contributed by atoms with Gasteiger partial charge in [-0.25, -0.2) is 4.79 Å². The van der Waals surface area contributed by atoms with E-state index in [0.717, 1.165) is 6.54 Å². The molecule has 0 amide bonds. The normalized spacial score (nSPS) is 10.4. The van der Waals surface area contributed by atoms with E-state index in [9.17, 15) is 4.79 Å². The molecule has 0 radical (unpaired) electrons. The zero-order valence-corrected chi connectivity index (χ0v) is 9.84. The van der Waals surface area contributed by atoms with Gasteiger partial charge < -0.3 is 14.8 Å². The van der Waals surface area contributed by atoms with Crippen molar-refractivity contribution in [2.24, 2.45) is 0 Å². The Morgan fingerprint density at radius 1 is 1.33 bits per heavy atom. The van der Waals surface area contributed by atoms with Gasteiger partial charge in [0.05, 0.1) is 13.2 Å². The van der Waals surface area contributed by atoms with E-state index in [4.69, 9.17) is 9.47 Å². The van der Waals surface area contributed by atoms with Gasteiger partial charge >= 0.3 is 5.97 Å². The summed E-state index contributed by atoms with van der Waals surface area (Å²) in [5.41, 5.74) is 0.413. The number of hydrogen-bond donors (Lipinski definition) is 1. The summed E-state index contributed by atoms with van der Waals surface area (Å²) in [6.07, 6.45) is 0. The number of carbonyl (C=O) groups is 1. The lowest BCUT2D eigenvalue weighted by molar-refractivity contribution is -0.140. The van der Waals surface area contributed by atoms with Crippen LogP contribution in [0.4, 0.5) is 0 Å². The van der Waals surface area contributed by atoms with Gasteiger partial charge in [0.2, 0.25) is 0 Å². The highest BCUT2D eigenvalue weighted by molar-refractivity contribution is 5.86. The van der Waals surface area contributed by atoms with Gasteiger partial charge in [-0.05, 0) is 6.92 Å². The fourth-order valence-corrected chi connectivity index (χ4v) is 0.838. The van der Waals surface area contributed by atoms with E-state index in [-0.39, 0.29) is 12.6 Å². The number of rotatable bonds is 8. The van der Waals surface area contributed by atoms with Gasteiger partial charge in [-0.3, -0.25) is 0 Å². The highest BCUT2D eigenvalue weighted by Crippen LogP contribution is 1.91. The standard InChI is InChI=1S/C11H21NO3/c1-9(2)11(13)15-8-7-14-6-5-12-10(3)4/h10,12H,1,5-8H2,2-4H3. The van der Waals surface area contributed by atoms with E-state index in [0.29, 0.717) is 24.8 Å². The summed E-state index contributed by atoms with van der Waals surface area (Å²) in [6, 6.07) is 0.467. The minimum absolute atomic E-state index is 0.285. The molecule has 0 spiro atoms. The lowest BCUT2D eigenvalue weighted by Crippen LogP contribution is -2.27. The van der Waals surface area contributed by atoms with Crippen LogP contribution in [0.5, 0.6) is 0 Å². The molecule has 1 N–H and O–H groups in total. The van der Waals surface area contributed by atoms with E-state index in [1.54, 1.807) is 6.92 Å². The molecule has 0 aliphatic rings. The van der Waals surface area contributed by atoms with Crippen molar-refractivity contribution in [1.29, 1.82) is 0 Å². The first kappa shape index (κ1) is 14.1. The minimum atomic E-state index is -0.362. The van der Waals surface area contributed by atoms with Crippen LogP contribution in [0.25, 0.3) is 0 Å². The molecule has 0 saturated heterocycles. The van der Waals surface area contributed by atoms with E-state index >= 15 is 0 Å². The smallest absolute Gasteiger partial charge is 0.333 e. The third-order valence-electron chi connectivity index (χ3n) is 1.61. The Balaban J connectivity index is 3.18. The van der Waals surface area contributed by atoms with Crippen molar-refractivity contribution in [2.75, 3.05) is 26.4 Å². The molecule has 0 rings (SSSR count). The maximum atomic E-state index is 10.9. The Morgan fingerprint density at radius 2 is 2.00 bits per heavy atom. The summed E-state index contributed by atoms with van der Waals surface area (Å²) in [5, 5.41) is 3.22. The molecular formula is C11H21NO3.